The number of aryl methyl sites for hydroxylation is 2. The van der Waals surface area contributed by atoms with Crippen LogP contribution in [0.4, 0.5) is 0 Å². The first-order valence-corrected chi connectivity index (χ1v) is 11.1. The van der Waals surface area contributed by atoms with Gasteiger partial charge in [0.25, 0.3) is 5.91 Å². The predicted octanol–water partition coefficient (Wildman–Crippen LogP) is 4.37. The molecule has 160 valence electrons. The van der Waals surface area contributed by atoms with Crippen molar-refractivity contribution in [1.29, 1.82) is 0 Å². The van der Waals surface area contributed by atoms with Crippen molar-refractivity contribution >= 4 is 27.8 Å². The Morgan fingerprint density at radius 1 is 1.13 bits per heavy atom. The first-order valence-electron chi connectivity index (χ1n) is 11.1. The molecule has 1 saturated heterocycles. The van der Waals surface area contributed by atoms with Gasteiger partial charge in [0.15, 0.2) is 5.82 Å². The molecule has 2 N–H and O–H groups in total. The molecule has 1 amide bonds. The highest BCUT2D eigenvalue weighted by Gasteiger charge is 2.28. The second-order valence-corrected chi connectivity index (χ2v) is 8.74. The minimum absolute atomic E-state index is 0.00387. The van der Waals surface area contributed by atoms with Crippen molar-refractivity contribution in [3.8, 4) is 11.5 Å². The number of carbonyl (C=O) groups is 1. The molecule has 1 aliphatic rings. The van der Waals surface area contributed by atoms with Crippen LogP contribution in [0.15, 0.2) is 48.5 Å². The maximum atomic E-state index is 13.2. The number of rotatable bonds is 3. The molecule has 0 spiro atoms. The smallest absolute Gasteiger partial charge is 0.255 e. The van der Waals surface area contributed by atoms with Crippen LogP contribution in [0.5, 0.6) is 0 Å². The van der Waals surface area contributed by atoms with Crippen LogP contribution in [-0.4, -0.2) is 37.6 Å². The second kappa shape index (κ2) is 7.54. The number of hydrogen-bond acceptors (Lipinski definition) is 3. The highest BCUT2D eigenvalue weighted by Crippen LogP contribution is 2.30. The van der Waals surface area contributed by atoms with Gasteiger partial charge in [0.05, 0.1) is 22.9 Å². The van der Waals surface area contributed by atoms with Crippen LogP contribution >= 0.6 is 0 Å². The van der Waals surface area contributed by atoms with Gasteiger partial charge in [0, 0.05) is 36.6 Å². The SMILES string of the molecule is CCn1c(-c2nc3cc(C(=O)N4CC(C)CCC4N)ccc3n2C)cc2ccccc21. The van der Waals surface area contributed by atoms with Crippen molar-refractivity contribution in [1.82, 2.24) is 19.0 Å². The fourth-order valence-corrected chi connectivity index (χ4v) is 4.87. The average Bonchev–Trinajstić information content (AvgIpc) is 3.31. The summed E-state index contributed by atoms with van der Waals surface area (Å²) < 4.78 is 4.40. The molecule has 2 atom stereocenters. The number of piperidine rings is 1. The minimum Gasteiger partial charge on any atom is -0.338 e. The molecule has 0 bridgehead atoms. The number of hydrogen-bond donors (Lipinski definition) is 1. The zero-order chi connectivity index (χ0) is 21.7. The molecular weight excluding hydrogens is 386 g/mol. The first kappa shape index (κ1) is 19.8. The molecule has 6 nitrogen and oxygen atoms in total. The Hall–Kier alpha value is -3.12. The predicted molar refractivity (Wildman–Crippen MR) is 125 cm³/mol. The summed E-state index contributed by atoms with van der Waals surface area (Å²) in [5.74, 6) is 1.38. The van der Waals surface area contributed by atoms with Crippen molar-refractivity contribution in [2.75, 3.05) is 6.54 Å². The van der Waals surface area contributed by atoms with Crippen LogP contribution in [0.1, 0.15) is 37.0 Å². The van der Waals surface area contributed by atoms with E-state index in [1.54, 1.807) is 0 Å². The van der Waals surface area contributed by atoms with Crippen molar-refractivity contribution in [3.63, 3.8) is 0 Å². The Morgan fingerprint density at radius 3 is 2.74 bits per heavy atom. The summed E-state index contributed by atoms with van der Waals surface area (Å²) in [6.07, 6.45) is 1.71. The van der Waals surface area contributed by atoms with Crippen LogP contribution < -0.4 is 5.73 Å². The summed E-state index contributed by atoms with van der Waals surface area (Å²) in [7, 11) is 2.03. The lowest BCUT2D eigenvalue weighted by atomic mass is 9.97. The summed E-state index contributed by atoms with van der Waals surface area (Å²) in [5.41, 5.74) is 11.0. The number of likely N-dealkylation sites (tertiary alicyclic amines) is 1. The average molecular weight is 416 g/mol. The van der Waals surface area contributed by atoms with E-state index in [9.17, 15) is 4.79 Å². The Labute approximate surface area is 182 Å². The molecule has 0 radical (unpaired) electrons. The lowest BCUT2D eigenvalue weighted by molar-refractivity contribution is 0.0557. The third kappa shape index (κ3) is 3.22. The molecule has 0 saturated carbocycles. The van der Waals surface area contributed by atoms with Crippen LogP contribution in [0.2, 0.25) is 0 Å². The van der Waals surface area contributed by atoms with E-state index < -0.39 is 0 Å². The van der Waals surface area contributed by atoms with Gasteiger partial charge in [-0.25, -0.2) is 4.98 Å². The number of para-hydroxylation sites is 1. The molecule has 2 aromatic heterocycles. The van der Waals surface area contributed by atoms with Gasteiger partial charge in [0.1, 0.15) is 0 Å². The lowest BCUT2D eigenvalue weighted by Gasteiger charge is -2.36. The quantitative estimate of drug-likeness (QED) is 0.540. The number of fused-ring (bicyclic) bond motifs is 2. The normalized spacial score (nSPS) is 19.4. The fraction of sp³-hybridized carbons (Fsp3) is 0.360. The molecule has 0 aliphatic carbocycles. The first-order chi connectivity index (χ1) is 15.0. The highest BCUT2D eigenvalue weighted by molar-refractivity contribution is 5.98. The van der Waals surface area contributed by atoms with E-state index in [0.29, 0.717) is 18.0 Å². The molecular formula is C25H29N5O. The van der Waals surface area contributed by atoms with Crippen LogP contribution in [0.3, 0.4) is 0 Å². The van der Waals surface area contributed by atoms with Gasteiger partial charge >= 0.3 is 0 Å². The summed E-state index contributed by atoms with van der Waals surface area (Å²) in [5, 5.41) is 1.20. The number of imidazole rings is 1. The fourth-order valence-electron chi connectivity index (χ4n) is 4.87. The second-order valence-electron chi connectivity index (χ2n) is 8.74. The molecule has 5 rings (SSSR count). The minimum atomic E-state index is -0.209. The number of nitrogens with zero attached hydrogens (tertiary/aromatic N) is 4. The Bertz CT molecular complexity index is 1280. The van der Waals surface area contributed by atoms with Gasteiger partial charge in [0.2, 0.25) is 0 Å². The lowest BCUT2D eigenvalue weighted by Crippen LogP contribution is -2.50. The molecule has 2 aromatic carbocycles. The third-order valence-electron chi connectivity index (χ3n) is 6.61. The number of carbonyl (C=O) groups excluding carboxylic acids is 1. The van der Waals surface area contributed by atoms with Gasteiger partial charge in [-0.2, -0.15) is 0 Å². The van der Waals surface area contributed by atoms with E-state index >= 15 is 0 Å². The van der Waals surface area contributed by atoms with E-state index in [0.717, 1.165) is 41.9 Å². The number of aromatic nitrogens is 3. The molecule has 4 aromatic rings. The van der Waals surface area contributed by atoms with E-state index in [4.69, 9.17) is 10.7 Å². The third-order valence-corrected chi connectivity index (χ3v) is 6.61. The summed E-state index contributed by atoms with van der Waals surface area (Å²) in [6, 6.07) is 16.4. The van der Waals surface area contributed by atoms with Crippen molar-refractivity contribution in [2.24, 2.45) is 18.7 Å². The Balaban J connectivity index is 1.57. The van der Waals surface area contributed by atoms with Gasteiger partial charge in [-0.3, -0.25) is 4.79 Å². The zero-order valence-electron chi connectivity index (χ0n) is 18.4. The topological polar surface area (TPSA) is 69.1 Å². The monoisotopic (exact) mass is 415 g/mol. The number of amides is 1. The number of nitrogens with two attached hydrogens (primary N) is 1. The van der Waals surface area contributed by atoms with Crippen LogP contribution in [0, 0.1) is 5.92 Å². The molecule has 2 unspecified atom stereocenters. The standard InChI is InChI=1S/C25H29N5O/c1-4-29-20-8-6-5-7-17(20)14-22(29)24-27-19-13-18(10-11-21(19)28(24)3)25(31)30-15-16(2)9-12-23(30)26/h5-8,10-11,13-14,16,23H,4,9,12,15,26H2,1-3H3. The largest absolute Gasteiger partial charge is 0.338 e. The molecule has 3 heterocycles. The van der Waals surface area contributed by atoms with Gasteiger partial charge in [-0.1, -0.05) is 25.1 Å². The van der Waals surface area contributed by atoms with E-state index in [1.165, 1.54) is 10.9 Å². The molecule has 1 aliphatic heterocycles. The van der Waals surface area contributed by atoms with Gasteiger partial charge in [-0.15, -0.1) is 0 Å². The van der Waals surface area contributed by atoms with Crippen molar-refractivity contribution in [3.05, 3.63) is 54.1 Å². The van der Waals surface area contributed by atoms with Gasteiger partial charge in [-0.05, 0) is 56.0 Å². The summed E-state index contributed by atoms with van der Waals surface area (Å²) in [6.45, 7) is 5.90. The maximum Gasteiger partial charge on any atom is 0.255 e. The highest BCUT2D eigenvalue weighted by atomic mass is 16.2. The molecule has 31 heavy (non-hydrogen) atoms. The van der Waals surface area contributed by atoms with Crippen molar-refractivity contribution < 1.29 is 4.79 Å². The van der Waals surface area contributed by atoms with Crippen molar-refractivity contribution in [2.45, 2.75) is 39.4 Å². The maximum absolute atomic E-state index is 13.2. The summed E-state index contributed by atoms with van der Waals surface area (Å²) >= 11 is 0. The Morgan fingerprint density at radius 2 is 1.94 bits per heavy atom. The molecule has 6 heteroatoms. The van der Waals surface area contributed by atoms with E-state index in [1.807, 2.05) is 30.1 Å². The van der Waals surface area contributed by atoms with E-state index in [-0.39, 0.29) is 12.1 Å². The van der Waals surface area contributed by atoms with Gasteiger partial charge < -0.3 is 19.8 Å². The van der Waals surface area contributed by atoms with Crippen LogP contribution in [-0.2, 0) is 13.6 Å². The van der Waals surface area contributed by atoms with Crippen LogP contribution in [0.25, 0.3) is 33.5 Å². The molecule has 1 fully saturated rings. The number of benzene rings is 2. The zero-order valence-corrected chi connectivity index (χ0v) is 18.4. The Kier molecular flexibility index (Phi) is 4.82. The van der Waals surface area contributed by atoms with E-state index in [2.05, 4.69) is 53.3 Å². The summed E-state index contributed by atoms with van der Waals surface area (Å²) in [4.78, 5) is 19.9.